The van der Waals surface area contributed by atoms with Gasteiger partial charge in [0.25, 0.3) is 0 Å². The molecular formula is C69H39F3N10. The van der Waals surface area contributed by atoms with Crippen molar-refractivity contribution in [3.63, 3.8) is 0 Å². The third kappa shape index (κ3) is 8.45. The van der Waals surface area contributed by atoms with E-state index in [1.807, 2.05) is 211 Å². The Balaban J connectivity index is 1.08. The third-order valence-electron chi connectivity index (χ3n) is 14.7. The summed E-state index contributed by atoms with van der Waals surface area (Å²) in [7, 11) is 0. The van der Waals surface area contributed by atoms with E-state index in [4.69, 9.17) is 43.0 Å². The van der Waals surface area contributed by atoms with Crippen molar-refractivity contribution in [2.45, 2.75) is 6.18 Å². The Morgan fingerprint density at radius 3 is 1.06 bits per heavy atom. The first-order valence-electron chi connectivity index (χ1n) is 26.2. The van der Waals surface area contributed by atoms with E-state index >= 15 is 13.2 Å². The molecule has 0 N–H and O–H groups in total. The molecule has 0 spiro atoms. The topological polar surface area (TPSA) is 95.9 Å². The Hall–Kier alpha value is -11.4. The number of hydrogen-bond acceptors (Lipinski definition) is 6. The molecule has 0 fully saturated rings. The zero-order chi connectivity index (χ0) is 55.5. The fraction of sp³-hybridized carbons (Fsp3) is 0.0145. The molecule has 13 heteroatoms. The number of para-hydroxylation sites is 2. The van der Waals surface area contributed by atoms with E-state index in [0.717, 1.165) is 60.9 Å². The monoisotopic (exact) mass is 1060 g/mol. The summed E-state index contributed by atoms with van der Waals surface area (Å²) < 4.78 is 50.3. The van der Waals surface area contributed by atoms with E-state index in [-0.39, 0.29) is 22.5 Å². The van der Waals surface area contributed by atoms with Gasteiger partial charge in [-0.2, -0.15) is 13.2 Å². The third-order valence-corrected chi connectivity index (χ3v) is 14.7. The minimum atomic E-state index is -4.88. The highest BCUT2D eigenvalue weighted by Crippen LogP contribution is 2.49. The standard InChI is InChI=1S/C69H39F3N10/c1-73-54-31-19-30-53(69(70,71)72)62(54)52-40-60(81-56-32-17-15-28-48(56)50-36-34-46(38-58(50)81)67-77-63(42-20-7-3-8-21-42)75-64(78-67)43-22-9-4-10-23-43)61(41-55(52)74-2)82-57-33-18-16-29-49(57)51-37-35-47(39-59(51)82)68-79-65(44-24-11-5-12-25-44)76-66(80-68)45-26-13-6-14-27-45/h3-41H. The molecule has 0 amide bonds. The highest BCUT2D eigenvalue weighted by molar-refractivity contribution is 6.13. The van der Waals surface area contributed by atoms with Crippen molar-refractivity contribution < 1.29 is 13.2 Å². The zero-order valence-electron chi connectivity index (χ0n) is 43.1. The van der Waals surface area contributed by atoms with Crippen molar-refractivity contribution in [3.8, 4) is 90.8 Å². The molecule has 0 aliphatic heterocycles. The van der Waals surface area contributed by atoms with Crippen LogP contribution in [0.3, 0.4) is 0 Å². The van der Waals surface area contributed by atoms with Crippen LogP contribution in [0, 0.1) is 13.1 Å². The maximum absolute atomic E-state index is 15.4. The maximum atomic E-state index is 15.4. The van der Waals surface area contributed by atoms with Crippen molar-refractivity contribution in [2.24, 2.45) is 0 Å². The lowest BCUT2D eigenvalue weighted by molar-refractivity contribution is -0.137. The number of halogens is 3. The van der Waals surface area contributed by atoms with Crippen molar-refractivity contribution in [3.05, 3.63) is 265 Å². The number of nitrogens with zero attached hydrogens (tertiary/aromatic N) is 10. The van der Waals surface area contributed by atoms with Gasteiger partial charge in [-0.3, -0.25) is 0 Å². The predicted molar refractivity (Wildman–Crippen MR) is 317 cm³/mol. The van der Waals surface area contributed by atoms with Gasteiger partial charge in [-0.15, -0.1) is 0 Å². The van der Waals surface area contributed by atoms with Crippen LogP contribution in [0.5, 0.6) is 0 Å². The average Bonchev–Trinajstić information content (AvgIpc) is 2.28. The first-order valence-corrected chi connectivity index (χ1v) is 26.2. The summed E-state index contributed by atoms with van der Waals surface area (Å²) in [6, 6.07) is 73.4. The number of fused-ring (bicyclic) bond motifs is 6. The number of alkyl halides is 3. The molecule has 10 nitrogen and oxygen atoms in total. The van der Waals surface area contributed by atoms with Gasteiger partial charge in [-0.05, 0) is 47.5 Å². The molecule has 4 heterocycles. The second-order valence-electron chi connectivity index (χ2n) is 19.5. The lowest BCUT2D eigenvalue weighted by atomic mass is 9.94. The zero-order valence-corrected chi connectivity index (χ0v) is 43.1. The van der Waals surface area contributed by atoms with E-state index in [9.17, 15) is 0 Å². The summed E-state index contributed by atoms with van der Waals surface area (Å²) in [5, 5.41) is 3.44. The number of hydrogen-bond donors (Lipinski definition) is 0. The molecule has 0 radical (unpaired) electrons. The van der Waals surface area contributed by atoms with Gasteiger partial charge >= 0.3 is 6.18 Å². The summed E-state index contributed by atoms with van der Waals surface area (Å²) >= 11 is 0. The summed E-state index contributed by atoms with van der Waals surface area (Å²) in [5.74, 6) is 2.73. The first-order chi connectivity index (χ1) is 40.2. The normalized spacial score (nSPS) is 11.6. The van der Waals surface area contributed by atoms with Gasteiger partial charge in [0.2, 0.25) is 0 Å². The minimum absolute atomic E-state index is 0.0549. The van der Waals surface area contributed by atoms with Crippen LogP contribution >= 0.6 is 0 Å². The van der Waals surface area contributed by atoms with Crippen LogP contribution in [0.25, 0.3) is 144 Å². The lowest BCUT2D eigenvalue weighted by Crippen LogP contribution is -2.08. The summed E-state index contributed by atoms with van der Waals surface area (Å²) in [4.78, 5) is 37.8. The molecule has 10 aromatic carbocycles. The van der Waals surface area contributed by atoms with Gasteiger partial charge in [0.05, 0.1) is 52.1 Å². The highest BCUT2D eigenvalue weighted by atomic mass is 19.4. The second kappa shape index (κ2) is 19.8. The van der Waals surface area contributed by atoms with Crippen LogP contribution in [0.4, 0.5) is 24.5 Å². The van der Waals surface area contributed by atoms with Crippen LogP contribution < -0.4 is 0 Å². The molecule has 0 atom stereocenters. The summed E-state index contributed by atoms with van der Waals surface area (Å²) in [6.07, 6.45) is -4.88. The fourth-order valence-corrected chi connectivity index (χ4v) is 11.0. The quantitative estimate of drug-likeness (QED) is 0.134. The number of aromatic nitrogens is 8. The van der Waals surface area contributed by atoms with Gasteiger partial charge in [0.1, 0.15) is 0 Å². The Bertz CT molecular complexity index is 4810. The van der Waals surface area contributed by atoms with E-state index in [0.29, 0.717) is 68.5 Å². The molecule has 4 aromatic heterocycles. The van der Waals surface area contributed by atoms with Crippen LogP contribution in [0.15, 0.2) is 237 Å². The highest BCUT2D eigenvalue weighted by Gasteiger charge is 2.36. The molecule has 14 aromatic rings. The second-order valence-corrected chi connectivity index (χ2v) is 19.5. The van der Waals surface area contributed by atoms with Gasteiger partial charge in [0, 0.05) is 54.9 Å². The van der Waals surface area contributed by atoms with Crippen LogP contribution in [-0.4, -0.2) is 39.0 Å². The molecule has 14 rings (SSSR count). The van der Waals surface area contributed by atoms with Gasteiger partial charge in [-0.25, -0.2) is 39.6 Å². The molecule has 0 bridgehead atoms. The SMILES string of the molecule is [C-]#[N+]c1cc(-n2c3ccccc3c3ccc(-c4nc(-c5ccccc5)nc(-c5ccccc5)n4)cc32)c(-n2c3ccccc3c3ccc(-c4nc(-c5ccccc5)nc(-c5ccccc5)n4)cc32)cc1-c1c([N+]#[C-])cccc1C(F)(F)F. The summed E-state index contributed by atoms with van der Waals surface area (Å²) in [5.41, 5.74) is 6.48. The minimum Gasteiger partial charge on any atom is -0.308 e. The van der Waals surface area contributed by atoms with Gasteiger partial charge in [-0.1, -0.05) is 200 Å². The lowest BCUT2D eigenvalue weighted by Gasteiger charge is -2.22. The molecule has 0 aliphatic carbocycles. The molecular weight excluding hydrogens is 1030 g/mol. The maximum Gasteiger partial charge on any atom is 0.415 e. The van der Waals surface area contributed by atoms with Crippen molar-refractivity contribution >= 4 is 55.0 Å². The van der Waals surface area contributed by atoms with E-state index in [2.05, 4.69) is 14.3 Å². The number of rotatable bonds is 9. The first kappa shape index (κ1) is 48.9. The largest absolute Gasteiger partial charge is 0.415 e. The smallest absolute Gasteiger partial charge is 0.308 e. The van der Waals surface area contributed by atoms with Crippen LogP contribution in [0.2, 0.25) is 0 Å². The molecule has 0 saturated carbocycles. The van der Waals surface area contributed by atoms with Crippen LogP contribution in [0.1, 0.15) is 5.56 Å². The predicted octanol–water partition coefficient (Wildman–Crippen LogP) is 18.0. The molecule has 386 valence electrons. The van der Waals surface area contributed by atoms with Crippen molar-refractivity contribution in [2.75, 3.05) is 0 Å². The Kier molecular flexibility index (Phi) is 11.8. The fourth-order valence-electron chi connectivity index (χ4n) is 11.0. The van der Waals surface area contributed by atoms with E-state index in [1.165, 1.54) is 12.1 Å². The Morgan fingerprint density at radius 1 is 0.317 bits per heavy atom. The van der Waals surface area contributed by atoms with Crippen molar-refractivity contribution in [1.82, 2.24) is 39.0 Å². The van der Waals surface area contributed by atoms with Crippen LogP contribution in [-0.2, 0) is 6.18 Å². The van der Waals surface area contributed by atoms with Gasteiger partial charge in [0.15, 0.2) is 46.3 Å². The van der Waals surface area contributed by atoms with Gasteiger partial charge < -0.3 is 9.13 Å². The molecule has 0 aliphatic rings. The van der Waals surface area contributed by atoms with E-state index < -0.39 is 11.7 Å². The Labute approximate surface area is 467 Å². The average molecular weight is 1070 g/mol. The number of benzene rings is 10. The van der Waals surface area contributed by atoms with E-state index in [1.54, 1.807) is 12.1 Å². The Morgan fingerprint density at radius 2 is 0.671 bits per heavy atom. The summed E-state index contributed by atoms with van der Waals surface area (Å²) in [6.45, 7) is 17.0. The van der Waals surface area contributed by atoms with Crippen molar-refractivity contribution in [1.29, 1.82) is 0 Å². The molecule has 0 saturated heterocycles. The molecule has 82 heavy (non-hydrogen) atoms. The molecule has 0 unspecified atom stereocenters.